The predicted molar refractivity (Wildman–Crippen MR) is 94.9 cm³/mol. The van der Waals surface area contributed by atoms with Gasteiger partial charge in [0.05, 0.1) is 0 Å². The minimum absolute atomic E-state index is 0.564. The van der Waals surface area contributed by atoms with Crippen LogP contribution in [0.15, 0.2) is 46.6 Å². The highest BCUT2D eigenvalue weighted by Gasteiger charge is 1.95. The Morgan fingerprint density at radius 2 is 1.23 bits per heavy atom. The molecule has 0 atom stereocenters. The summed E-state index contributed by atoms with van der Waals surface area (Å²) in [4.78, 5) is 21.0. The number of allylic oxidation sites excluding steroid dienone is 8. The molecule has 0 rings (SSSR count). The van der Waals surface area contributed by atoms with E-state index in [4.69, 9.17) is 0 Å². The fourth-order valence-corrected chi connectivity index (χ4v) is 2.09. The molecule has 22 heavy (non-hydrogen) atoms. The van der Waals surface area contributed by atoms with Crippen molar-refractivity contribution in [3.63, 3.8) is 0 Å². The van der Waals surface area contributed by atoms with Gasteiger partial charge < -0.3 is 0 Å². The van der Waals surface area contributed by atoms with E-state index in [1.54, 1.807) is 0 Å². The van der Waals surface area contributed by atoms with E-state index in [1.165, 1.54) is 22.8 Å². The lowest BCUT2D eigenvalue weighted by Gasteiger charge is -2.02. The monoisotopic (exact) mass is 302 g/mol. The van der Waals surface area contributed by atoms with Crippen LogP contribution in [0, 0.1) is 0 Å². The third kappa shape index (κ3) is 12.1. The van der Waals surface area contributed by atoms with Gasteiger partial charge in [-0.2, -0.15) is 0 Å². The number of rotatable bonds is 11. The van der Waals surface area contributed by atoms with Gasteiger partial charge >= 0.3 is 0 Å². The minimum atomic E-state index is 0.564. The molecule has 0 radical (unpaired) electrons. The molecule has 0 amide bonds. The highest BCUT2D eigenvalue weighted by atomic mass is 16.1. The molecule has 0 heterocycles. The van der Waals surface area contributed by atoms with Gasteiger partial charge in [0.25, 0.3) is 0 Å². The predicted octanol–water partition coefficient (Wildman–Crippen LogP) is 5.51. The fourth-order valence-electron chi connectivity index (χ4n) is 2.09. The summed E-state index contributed by atoms with van der Waals surface area (Å²) >= 11 is 0. The van der Waals surface area contributed by atoms with Gasteiger partial charge in [0.2, 0.25) is 0 Å². The summed E-state index contributed by atoms with van der Waals surface area (Å²) in [6.45, 7) is 8.58. The van der Waals surface area contributed by atoms with Crippen LogP contribution in [0.25, 0.3) is 0 Å². The van der Waals surface area contributed by atoms with Crippen molar-refractivity contribution in [2.75, 3.05) is 0 Å². The van der Waals surface area contributed by atoms with Crippen molar-refractivity contribution < 1.29 is 9.59 Å². The normalized spacial score (nSPS) is 13.0. The lowest BCUT2D eigenvalue weighted by atomic mass is 10.0. The second kappa shape index (κ2) is 13.0. The summed E-state index contributed by atoms with van der Waals surface area (Å²) in [5, 5.41) is 0. The molecule has 0 aromatic heterocycles. The molecule has 0 aromatic carbocycles. The average molecular weight is 302 g/mol. The van der Waals surface area contributed by atoms with E-state index < -0.39 is 0 Å². The van der Waals surface area contributed by atoms with Crippen molar-refractivity contribution >= 4 is 12.6 Å². The molecule has 0 bridgehead atoms. The summed E-state index contributed by atoms with van der Waals surface area (Å²) in [5.74, 6) is 0. The molecular formula is C20H30O2. The van der Waals surface area contributed by atoms with E-state index in [9.17, 15) is 9.59 Å². The molecule has 0 aliphatic rings. The first kappa shape index (κ1) is 20.3. The molecule has 0 spiro atoms. The lowest BCUT2D eigenvalue weighted by Crippen LogP contribution is -1.86. The number of carbonyl (C=O) groups excluding carboxylic acids is 2. The molecule has 0 N–H and O–H groups in total. The molecule has 0 unspecified atom stereocenters. The Morgan fingerprint density at radius 3 is 1.68 bits per heavy atom. The molecule has 0 saturated heterocycles. The van der Waals surface area contributed by atoms with Crippen molar-refractivity contribution in [3.8, 4) is 0 Å². The van der Waals surface area contributed by atoms with Crippen molar-refractivity contribution in [1.82, 2.24) is 0 Å². The largest absolute Gasteiger partial charge is 0.299 e. The maximum Gasteiger partial charge on any atom is 0.146 e. The van der Waals surface area contributed by atoms with Gasteiger partial charge in [0, 0.05) is 0 Å². The van der Waals surface area contributed by atoms with Crippen molar-refractivity contribution in [2.45, 2.75) is 66.2 Å². The maximum absolute atomic E-state index is 10.7. The van der Waals surface area contributed by atoms with Crippen LogP contribution in [0.1, 0.15) is 66.2 Å². The SMILES string of the molecule is CC(C)=CCC/C(C)=C/CC/C(C)=C/CC/C(C=O)=C\C=O. The average Bonchev–Trinajstić information content (AvgIpc) is 2.46. The third-order valence-electron chi connectivity index (χ3n) is 3.48. The highest BCUT2D eigenvalue weighted by molar-refractivity contribution is 5.81. The van der Waals surface area contributed by atoms with Gasteiger partial charge in [0.1, 0.15) is 12.6 Å². The molecule has 0 fully saturated rings. The van der Waals surface area contributed by atoms with Crippen LogP contribution in [0.4, 0.5) is 0 Å². The Morgan fingerprint density at radius 1 is 0.727 bits per heavy atom. The van der Waals surface area contributed by atoms with Gasteiger partial charge in [0.15, 0.2) is 0 Å². The molecule has 2 nitrogen and oxygen atoms in total. The molecule has 122 valence electrons. The van der Waals surface area contributed by atoms with E-state index in [2.05, 4.69) is 45.9 Å². The van der Waals surface area contributed by atoms with Crippen LogP contribution in [0.5, 0.6) is 0 Å². The summed E-state index contributed by atoms with van der Waals surface area (Å²) in [7, 11) is 0. The third-order valence-corrected chi connectivity index (χ3v) is 3.48. The molecule has 0 aliphatic heterocycles. The zero-order valence-electron chi connectivity index (χ0n) is 14.5. The van der Waals surface area contributed by atoms with Gasteiger partial charge in [-0.15, -0.1) is 0 Å². The van der Waals surface area contributed by atoms with E-state index in [0.717, 1.165) is 38.4 Å². The van der Waals surface area contributed by atoms with Crippen LogP contribution in [-0.4, -0.2) is 12.6 Å². The van der Waals surface area contributed by atoms with Gasteiger partial charge in [-0.05, 0) is 77.9 Å². The topological polar surface area (TPSA) is 34.1 Å². The Bertz CT molecular complexity index is 458. The number of hydrogen-bond acceptors (Lipinski definition) is 2. The number of aldehydes is 2. The van der Waals surface area contributed by atoms with Crippen LogP contribution in [-0.2, 0) is 9.59 Å². The van der Waals surface area contributed by atoms with Gasteiger partial charge in [-0.1, -0.05) is 34.9 Å². The summed E-state index contributed by atoms with van der Waals surface area (Å²) in [6, 6.07) is 0. The molecule has 2 heteroatoms. The van der Waals surface area contributed by atoms with Crippen LogP contribution in [0.2, 0.25) is 0 Å². The van der Waals surface area contributed by atoms with E-state index >= 15 is 0 Å². The Labute approximate surface area is 135 Å². The molecule has 0 aromatic rings. The molecule has 0 saturated carbocycles. The Hall–Kier alpha value is -1.70. The van der Waals surface area contributed by atoms with Crippen LogP contribution >= 0.6 is 0 Å². The quantitative estimate of drug-likeness (QED) is 0.286. The highest BCUT2D eigenvalue weighted by Crippen LogP contribution is 2.13. The Kier molecular flexibility index (Phi) is 12.0. The Balaban J connectivity index is 4.06. The van der Waals surface area contributed by atoms with Gasteiger partial charge in [-0.25, -0.2) is 0 Å². The van der Waals surface area contributed by atoms with Gasteiger partial charge in [-0.3, -0.25) is 9.59 Å². The second-order valence-corrected chi connectivity index (χ2v) is 5.99. The fraction of sp³-hybridized carbons (Fsp3) is 0.500. The van der Waals surface area contributed by atoms with E-state index in [1.807, 2.05) is 0 Å². The molecular weight excluding hydrogens is 272 g/mol. The summed E-state index contributed by atoms with van der Waals surface area (Å²) in [5.41, 5.74) is 4.73. The zero-order chi connectivity index (χ0) is 16.8. The van der Waals surface area contributed by atoms with E-state index in [-0.39, 0.29) is 0 Å². The lowest BCUT2D eigenvalue weighted by molar-refractivity contribution is -0.106. The smallest absolute Gasteiger partial charge is 0.146 e. The first-order chi connectivity index (χ1) is 10.5. The summed E-state index contributed by atoms with van der Waals surface area (Å²) < 4.78 is 0. The standard InChI is InChI=1S/C20H30O2/c1-17(2)8-5-9-18(3)10-6-11-19(4)12-7-13-20(16-22)14-15-21/h8,10,12,14-16H,5-7,9,11,13H2,1-4H3/b18-10+,19-12+,20-14+. The zero-order valence-corrected chi connectivity index (χ0v) is 14.5. The first-order valence-electron chi connectivity index (χ1n) is 8.03. The summed E-state index contributed by atoms with van der Waals surface area (Å²) in [6.07, 6.45) is 15.3. The maximum atomic E-state index is 10.7. The number of hydrogen-bond donors (Lipinski definition) is 0. The van der Waals surface area contributed by atoms with Crippen molar-refractivity contribution in [2.24, 2.45) is 0 Å². The van der Waals surface area contributed by atoms with E-state index in [0.29, 0.717) is 18.3 Å². The number of carbonyl (C=O) groups is 2. The van der Waals surface area contributed by atoms with Crippen molar-refractivity contribution in [3.05, 3.63) is 46.6 Å². The second-order valence-electron chi connectivity index (χ2n) is 5.99. The van der Waals surface area contributed by atoms with Crippen molar-refractivity contribution in [1.29, 1.82) is 0 Å². The molecule has 0 aliphatic carbocycles. The first-order valence-corrected chi connectivity index (χ1v) is 8.03. The van der Waals surface area contributed by atoms with Crippen LogP contribution in [0.3, 0.4) is 0 Å². The van der Waals surface area contributed by atoms with Crippen LogP contribution < -0.4 is 0 Å². The minimum Gasteiger partial charge on any atom is -0.299 e.